The Bertz CT molecular complexity index is 606. The number of hydrogen-bond acceptors (Lipinski definition) is 4. The Hall–Kier alpha value is -2.14. The zero-order valence-electron chi connectivity index (χ0n) is 12.1. The molecule has 0 radical (unpaired) electrons. The molecule has 21 heavy (non-hydrogen) atoms. The van der Waals surface area contributed by atoms with Gasteiger partial charge < -0.3 is 10.0 Å². The SMILES string of the molecule is CC(Cc1cccs1)N(C)c1ccc(/C=C/C(=O)O)cn1. The van der Waals surface area contributed by atoms with Crippen LogP contribution >= 0.6 is 11.3 Å². The maximum atomic E-state index is 10.5. The van der Waals surface area contributed by atoms with Gasteiger partial charge in [0.1, 0.15) is 5.82 Å². The van der Waals surface area contributed by atoms with E-state index < -0.39 is 5.97 Å². The first-order valence-electron chi connectivity index (χ1n) is 6.68. The molecule has 2 heterocycles. The molecule has 0 aliphatic carbocycles. The molecule has 1 unspecified atom stereocenters. The number of nitrogens with zero attached hydrogens (tertiary/aromatic N) is 2. The third-order valence-electron chi connectivity index (χ3n) is 3.29. The quantitative estimate of drug-likeness (QED) is 0.832. The topological polar surface area (TPSA) is 53.4 Å². The van der Waals surface area contributed by atoms with Gasteiger partial charge in [-0.15, -0.1) is 11.3 Å². The molecule has 1 N–H and O–H groups in total. The van der Waals surface area contributed by atoms with Crippen molar-refractivity contribution >= 4 is 29.2 Å². The molecule has 4 nitrogen and oxygen atoms in total. The molecule has 2 aromatic rings. The molecule has 1 atom stereocenters. The Balaban J connectivity index is 2.02. The average Bonchev–Trinajstić information content (AvgIpc) is 2.97. The van der Waals surface area contributed by atoms with Gasteiger partial charge in [0.15, 0.2) is 0 Å². The van der Waals surface area contributed by atoms with Crippen molar-refractivity contribution in [2.45, 2.75) is 19.4 Å². The van der Waals surface area contributed by atoms with E-state index in [1.807, 2.05) is 19.2 Å². The van der Waals surface area contributed by atoms with Crippen molar-refractivity contribution in [3.63, 3.8) is 0 Å². The van der Waals surface area contributed by atoms with Crippen molar-refractivity contribution < 1.29 is 9.90 Å². The molecule has 2 aromatic heterocycles. The highest BCUT2D eigenvalue weighted by Crippen LogP contribution is 2.18. The third-order valence-corrected chi connectivity index (χ3v) is 4.19. The summed E-state index contributed by atoms with van der Waals surface area (Å²) < 4.78 is 0. The van der Waals surface area contributed by atoms with E-state index in [1.54, 1.807) is 17.5 Å². The molecule has 110 valence electrons. The van der Waals surface area contributed by atoms with Crippen LogP contribution in [0.1, 0.15) is 17.4 Å². The molecule has 0 amide bonds. The van der Waals surface area contributed by atoms with E-state index in [2.05, 4.69) is 34.3 Å². The van der Waals surface area contributed by atoms with Crippen molar-refractivity contribution in [3.05, 3.63) is 52.4 Å². The summed E-state index contributed by atoms with van der Waals surface area (Å²) in [6.45, 7) is 2.17. The van der Waals surface area contributed by atoms with Gasteiger partial charge in [0.25, 0.3) is 0 Å². The maximum absolute atomic E-state index is 10.5. The summed E-state index contributed by atoms with van der Waals surface area (Å²) in [6, 6.07) is 8.33. The molecule has 2 rings (SSSR count). The van der Waals surface area contributed by atoms with Gasteiger partial charge in [-0.3, -0.25) is 0 Å². The minimum Gasteiger partial charge on any atom is -0.478 e. The molecular formula is C16H18N2O2S. The van der Waals surface area contributed by atoms with E-state index in [-0.39, 0.29) is 0 Å². The molecule has 0 aliphatic rings. The lowest BCUT2D eigenvalue weighted by Crippen LogP contribution is -2.31. The molecule has 0 aliphatic heterocycles. The lowest BCUT2D eigenvalue weighted by molar-refractivity contribution is -0.131. The normalized spacial score (nSPS) is 12.5. The lowest BCUT2D eigenvalue weighted by Gasteiger charge is -2.25. The van der Waals surface area contributed by atoms with E-state index in [0.29, 0.717) is 6.04 Å². The number of rotatable bonds is 6. The molecule has 5 heteroatoms. The van der Waals surface area contributed by atoms with Crippen LogP contribution in [0.25, 0.3) is 6.08 Å². The Kier molecular flexibility index (Phi) is 5.11. The summed E-state index contributed by atoms with van der Waals surface area (Å²) in [5.41, 5.74) is 0.778. The Morgan fingerprint density at radius 2 is 2.29 bits per heavy atom. The number of carboxylic acids is 1. The van der Waals surface area contributed by atoms with E-state index in [9.17, 15) is 4.79 Å². The minimum atomic E-state index is -0.958. The van der Waals surface area contributed by atoms with Gasteiger partial charge >= 0.3 is 5.97 Å². The van der Waals surface area contributed by atoms with E-state index in [4.69, 9.17) is 5.11 Å². The first-order chi connectivity index (χ1) is 10.1. The number of aliphatic carboxylic acids is 1. The Morgan fingerprint density at radius 1 is 1.48 bits per heavy atom. The Labute approximate surface area is 128 Å². The predicted molar refractivity (Wildman–Crippen MR) is 86.8 cm³/mol. The number of thiophene rings is 1. The first-order valence-corrected chi connectivity index (χ1v) is 7.56. The third kappa shape index (κ3) is 4.43. The second kappa shape index (κ2) is 7.04. The number of hydrogen-bond donors (Lipinski definition) is 1. The number of likely N-dealkylation sites (N-methyl/N-ethyl adjacent to an activating group) is 1. The second-order valence-corrected chi connectivity index (χ2v) is 5.90. The molecule has 0 fully saturated rings. The smallest absolute Gasteiger partial charge is 0.328 e. The first kappa shape index (κ1) is 15.3. The fourth-order valence-electron chi connectivity index (χ4n) is 1.95. The van der Waals surface area contributed by atoms with Gasteiger partial charge in [0.2, 0.25) is 0 Å². The van der Waals surface area contributed by atoms with Gasteiger partial charge in [0.05, 0.1) is 0 Å². The van der Waals surface area contributed by atoms with Crippen molar-refractivity contribution in [2.24, 2.45) is 0 Å². The highest BCUT2D eigenvalue weighted by molar-refractivity contribution is 7.09. The predicted octanol–water partition coefficient (Wildman–Crippen LogP) is 3.31. The summed E-state index contributed by atoms with van der Waals surface area (Å²) in [7, 11) is 2.02. The highest BCUT2D eigenvalue weighted by Gasteiger charge is 2.12. The summed E-state index contributed by atoms with van der Waals surface area (Å²) in [6.07, 6.45) is 5.31. The van der Waals surface area contributed by atoms with Gasteiger partial charge in [-0.05, 0) is 42.1 Å². The molecule has 0 saturated carbocycles. The number of aromatic nitrogens is 1. The average molecular weight is 302 g/mol. The van der Waals surface area contributed by atoms with Crippen LogP contribution in [-0.4, -0.2) is 29.1 Å². The fraction of sp³-hybridized carbons (Fsp3) is 0.250. The zero-order chi connectivity index (χ0) is 15.2. The van der Waals surface area contributed by atoms with Gasteiger partial charge in [-0.25, -0.2) is 9.78 Å². The molecule has 0 bridgehead atoms. The van der Waals surface area contributed by atoms with Gasteiger partial charge in [-0.2, -0.15) is 0 Å². The van der Waals surface area contributed by atoms with Crippen molar-refractivity contribution in [2.75, 3.05) is 11.9 Å². The number of carboxylic acid groups (broad SMARTS) is 1. The van der Waals surface area contributed by atoms with Crippen molar-refractivity contribution in [1.29, 1.82) is 0 Å². The fourth-order valence-corrected chi connectivity index (χ4v) is 2.78. The highest BCUT2D eigenvalue weighted by atomic mass is 32.1. The van der Waals surface area contributed by atoms with Crippen LogP contribution < -0.4 is 4.90 Å². The minimum absolute atomic E-state index is 0.344. The number of pyridine rings is 1. The van der Waals surface area contributed by atoms with Crippen molar-refractivity contribution in [3.8, 4) is 0 Å². The summed E-state index contributed by atoms with van der Waals surface area (Å²) >= 11 is 1.76. The Morgan fingerprint density at radius 3 is 2.86 bits per heavy atom. The number of anilines is 1. The summed E-state index contributed by atoms with van der Waals surface area (Å²) in [5.74, 6) is -0.0766. The van der Waals surface area contributed by atoms with Gasteiger partial charge in [0, 0.05) is 36.7 Å². The van der Waals surface area contributed by atoms with Crippen molar-refractivity contribution in [1.82, 2.24) is 4.98 Å². The van der Waals surface area contributed by atoms with E-state index >= 15 is 0 Å². The monoisotopic (exact) mass is 302 g/mol. The van der Waals surface area contributed by atoms with Crippen LogP contribution in [0.5, 0.6) is 0 Å². The largest absolute Gasteiger partial charge is 0.478 e. The maximum Gasteiger partial charge on any atom is 0.328 e. The van der Waals surface area contributed by atoms with Crippen LogP contribution in [0.15, 0.2) is 41.9 Å². The standard InChI is InChI=1S/C16H18N2O2S/c1-12(10-14-4-3-9-21-14)18(2)15-7-5-13(11-17-15)6-8-16(19)20/h3-9,11-12H,10H2,1-2H3,(H,19,20)/b8-6+. The van der Waals surface area contributed by atoms with E-state index in [0.717, 1.165) is 23.9 Å². The van der Waals surface area contributed by atoms with Crippen LogP contribution in [0, 0.1) is 0 Å². The lowest BCUT2D eigenvalue weighted by atomic mass is 10.2. The van der Waals surface area contributed by atoms with Crippen LogP contribution in [0.3, 0.4) is 0 Å². The van der Waals surface area contributed by atoms with Crippen LogP contribution in [-0.2, 0) is 11.2 Å². The summed E-state index contributed by atoms with van der Waals surface area (Å²) in [5, 5.41) is 10.7. The van der Waals surface area contributed by atoms with Crippen LogP contribution in [0.4, 0.5) is 5.82 Å². The molecule has 0 spiro atoms. The van der Waals surface area contributed by atoms with Gasteiger partial charge in [-0.1, -0.05) is 6.07 Å². The molecule has 0 saturated heterocycles. The molecule has 0 aromatic carbocycles. The molecular weight excluding hydrogens is 284 g/mol. The summed E-state index contributed by atoms with van der Waals surface area (Å²) in [4.78, 5) is 18.4. The van der Waals surface area contributed by atoms with E-state index in [1.165, 1.54) is 11.0 Å². The zero-order valence-corrected chi connectivity index (χ0v) is 12.9. The second-order valence-electron chi connectivity index (χ2n) is 4.86. The number of carbonyl (C=O) groups is 1. The van der Waals surface area contributed by atoms with Crippen LogP contribution in [0.2, 0.25) is 0 Å².